The van der Waals surface area contributed by atoms with Crippen molar-refractivity contribution in [2.24, 2.45) is 11.8 Å². The van der Waals surface area contributed by atoms with E-state index in [2.05, 4.69) is 10.6 Å². The molecule has 2 amide bonds. The Hall–Kier alpha value is -1.30. The monoisotopic (exact) mass is 312 g/mol. The number of ether oxygens (including phenoxy) is 1. The predicted molar refractivity (Wildman–Crippen MR) is 82.7 cm³/mol. The first-order valence-corrected chi connectivity index (χ1v) is 8.42. The number of rotatable bonds is 5. The highest BCUT2D eigenvalue weighted by Crippen LogP contribution is 2.24. The van der Waals surface area contributed by atoms with Crippen LogP contribution in [0.5, 0.6) is 0 Å². The van der Waals surface area contributed by atoms with Crippen molar-refractivity contribution < 1.29 is 19.4 Å². The molecule has 22 heavy (non-hydrogen) atoms. The number of carbonyl (C=O) groups is 2. The van der Waals surface area contributed by atoms with E-state index in [9.17, 15) is 9.59 Å². The summed E-state index contributed by atoms with van der Waals surface area (Å²) in [5.41, 5.74) is 0. The molecule has 1 atom stereocenters. The van der Waals surface area contributed by atoms with Gasteiger partial charge in [0.2, 0.25) is 0 Å². The normalized spacial score (nSPS) is 27.9. The molecule has 0 aromatic rings. The lowest BCUT2D eigenvalue weighted by atomic mass is 9.86. The van der Waals surface area contributed by atoms with E-state index < -0.39 is 5.97 Å². The summed E-state index contributed by atoms with van der Waals surface area (Å²) in [5.74, 6) is -0.323. The number of aliphatic carboxylic acids is 1. The molecular formula is C16H28N2O4. The molecule has 1 unspecified atom stereocenters. The van der Waals surface area contributed by atoms with Crippen molar-refractivity contribution in [2.45, 2.75) is 64.0 Å². The summed E-state index contributed by atoms with van der Waals surface area (Å²) in [5, 5.41) is 15.0. The van der Waals surface area contributed by atoms with E-state index in [0.29, 0.717) is 18.8 Å². The number of amides is 2. The quantitative estimate of drug-likeness (QED) is 0.726. The molecule has 2 rings (SSSR count). The predicted octanol–water partition coefficient (Wildman–Crippen LogP) is 2.13. The molecule has 6 nitrogen and oxygen atoms in total. The number of carboxylic acids is 1. The molecule has 0 aromatic heterocycles. The topological polar surface area (TPSA) is 87.7 Å². The van der Waals surface area contributed by atoms with Crippen molar-refractivity contribution in [3.63, 3.8) is 0 Å². The number of hydrogen-bond donors (Lipinski definition) is 3. The number of nitrogens with one attached hydrogen (secondary N) is 2. The fraction of sp³-hybridized carbons (Fsp3) is 0.875. The summed E-state index contributed by atoms with van der Waals surface area (Å²) >= 11 is 0. The van der Waals surface area contributed by atoms with Crippen molar-refractivity contribution in [1.29, 1.82) is 0 Å². The molecule has 1 saturated carbocycles. The third kappa shape index (κ3) is 5.48. The van der Waals surface area contributed by atoms with Gasteiger partial charge >= 0.3 is 12.0 Å². The number of hydrogen-bond acceptors (Lipinski definition) is 3. The first kappa shape index (κ1) is 17.1. The number of carboxylic acid groups (broad SMARTS) is 1. The van der Waals surface area contributed by atoms with Crippen LogP contribution in [-0.2, 0) is 9.53 Å². The van der Waals surface area contributed by atoms with E-state index in [1.54, 1.807) is 0 Å². The summed E-state index contributed by atoms with van der Waals surface area (Å²) < 4.78 is 5.35. The standard InChI is InChI=1S/C16H28N2O4/c1-11(10-12-6-8-22-9-7-12)17-16(21)18-14-4-2-13(3-5-14)15(19)20/h11-14H,2-10H2,1H3,(H,19,20)(H2,17,18,21). The smallest absolute Gasteiger partial charge is 0.315 e. The van der Waals surface area contributed by atoms with Crippen LogP contribution in [0.2, 0.25) is 0 Å². The number of carbonyl (C=O) groups excluding carboxylic acids is 1. The lowest BCUT2D eigenvalue weighted by Crippen LogP contribution is -2.47. The highest BCUT2D eigenvalue weighted by Gasteiger charge is 2.27. The van der Waals surface area contributed by atoms with Gasteiger partial charge < -0.3 is 20.5 Å². The van der Waals surface area contributed by atoms with Gasteiger partial charge in [-0.05, 0) is 57.8 Å². The molecule has 1 heterocycles. The van der Waals surface area contributed by atoms with Crippen molar-refractivity contribution in [1.82, 2.24) is 10.6 Å². The van der Waals surface area contributed by atoms with Crippen LogP contribution in [0.25, 0.3) is 0 Å². The van der Waals surface area contributed by atoms with Gasteiger partial charge in [0, 0.05) is 25.3 Å². The molecular weight excluding hydrogens is 284 g/mol. The third-order valence-corrected chi connectivity index (χ3v) is 4.82. The minimum absolute atomic E-state index is 0.103. The molecule has 0 bridgehead atoms. The van der Waals surface area contributed by atoms with Crippen LogP contribution in [0, 0.1) is 11.8 Å². The van der Waals surface area contributed by atoms with Gasteiger partial charge in [0.05, 0.1) is 5.92 Å². The molecule has 126 valence electrons. The van der Waals surface area contributed by atoms with Crippen LogP contribution in [0.1, 0.15) is 51.9 Å². The molecule has 2 aliphatic rings. The Balaban J connectivity index is 1.64. The third-order valence-electron chi connectivity index (χ3n) is 4.82. The van der Waals surface area contributed by atoms with Crippen LogP contribution in [0.4, 0.5) is 4.79 Å². The summed E-state index contributed by atoms with van der Waals surface area (Å²) in [6.45, 7) is 3.70. The Bertz CT molecular complexity index is 374. The van der Waals surface area contributed by atoms with Crippen molar-refractivity contribution in [3.05, 3.63) is 0 Å². The Labute approximate surface area is 132 Å². The first-order chi connectivity index (χ1) is 10.5. The maximum atomic E-state index is 12.0. The SMILES string of the molecule is CC(CC1CCOCC1)NC(=O)NC1CCC(C(=O)O)CC1. The molecule has 1 aliphatic heterocycles. The average Bonchev–Trinajstić information content (AvgIpc) is 2.48. The molecule has 0 radical (unpaired) electrons. The van der Waals surface area contributed by atoms with Crippen LogP contribution in [-0.4, -0.2) is 42.4 Å². The highest BCUT2D eigenvalue weighted by molar-refractivity contribution is 5.74. The maximum Gasteiger partial charge on any atom is 0.315 e. The van der Waals surface area contributed by atoms with Gasteiger partial charge in [0.25, 0.3) is 0 Å². The zero-order valence-corrected chi connectivity index (χ0v) is 13.3. The summed E-state index contributed by atoms with van der Waals surface area (Å²) in [4.78, 5) is 22.9. The maximum absolute atomic E-state index is 12.0. The van der Waals surface area contributed by atoms with Crippen LogP contribution in [0.3, 0.4) is 0 Å². The van der Waals surface area contributed by atoms with Crippen LogP contribution >= 0.6 is 0 Å². The second-order valence-electron chi connectivity index (χ2n) is 6.70. The zero-order chi connectivity index (χ0) is 15.9. The Morgan fingerprint density at radius 3 is 2.36 bits per heavy atom. The van der Waals surface area contributed by atoms with Crippen LogP contribution < -0.4 is 10.6 Å². The van der Waals surface area contributed by atoms with Gasteiger partial charge in [-0.1, -0.05) is 0 Å². The zero-order valence-electron chi connectivity index (χ0n) is 13.3. The van der Waals surface area contributed by atoms with Gasteiger partial charge in [-0.15, -0.1) is 0 Å². The molecule has 2 fully saturated rings. The van der Waals surface area contributed by atoms with Crippen molar-refractivity contribution in [3.8, 4) is 0 Å². The van der Waals surface area contributed by atoms with Gasteiger partial charge in [-0.3, -0.25) is 4.79 Å². The lowest BCUT2D eigenvalue weighted by molar-refractivity contribution is -0.142. The Morgan fingerprint density at radius 2 is 1.77 bits per heavy atom. The van der Waals surface area contributed by atoms with Crippen molar-refractivity contribution in [2.75, 3.05) is 13.2 Å². The van der Waals surface area contributed by atoms with Gasteiger partial charge in [-0.2, -0.15) is 0 Å². The summed E-state index contributed by atoms with van der Waals surface area (Å²) in [7, 11) is 0. The van der Waals surface area contributed by atoms with Gasteiger partial charge in [0.1, 0.15) is 0 Å². The molecule has 1 saturated heterocycles. The first-order valence-electron chi connectivity index (χ1n) is 8.42. The second kappa shape index (κ2) is 8.36. The average molecular weight is 312 g/mol. The summed E-state index contributed by atoms with van der Waals surface area (Å²) in [6.07, 6.45) is 5.94. The molecule has 1 aliphatic carbocycles. The lowest BCUT2D eigenvalue weighted by Gasteiger charge is -2.28. The van der Waals surface area contributed by atoms with E-state index in [1.165, 1.54) is 0 Å². The van der Waals surface area contributed by atoms with E-state index in [4.69, 9.17) is 9.84 Å². The van der Waals surface area contributed by atoms with E-state index in [0.717, 1.165) is 45.3 Å². The second-order valence-corrected chi connectivity index (χ2v) is 6.70. The molecule has 0 spiro atoms. The van der Waals surface area contributed by atoms with E-state index in [-0.39, 0.29) is 24.0 Å². The molecule has 3 N–H and O–H groups in total. The fourth-order valence-corrected chi connectivity index (χ4v) is 3.48. The largest absolute Gasteiger partial charge is 0.481 e. The van der Waals surface area contributed by atoms with Crippen LogP contribution in [0.15, 0.2) is 0 Å². The Morgan fingerprint density at radius 1 is 1.14 bits per heavy atom. The van der Waals surface area contributed by atoms with E-state index in [1.807, 2.05) is 6.92 Å². The highest BCUT2D eigenvalue weighted by atomic mass is 16.5. The minimum Gasteiger partial charge on any atom is -0.481 e. The minimum atomic E-state index is -0.715. The van der Waals surface area contributed by atoms with Gasteiger partial charge in [-0.25, -0.2) is 4.79 Å². The van der Waals surface area contributed by atoms with E-state index >= 15 is 0 Å². The van der Waals surface area contributed by atoms with Crippen molar-refractivity contribution >= 4 is 12.0 Å². The molecule has 6 heteroatoms. The summed E-state index contributed by atoms with van der Waals surface area (Å²) in [6, 6.07) is 0.127. The van der Waals surface area contributed by atoms with Gasteiger partial charge in [0.15, 0.2) is 0 Å². The molecule has 0 aromatic carbocycles. The Kier molecular flexibility index (Phi) is 6.49. The number of urea groups is 1. The fourth-order valence-electron chi connectivity index (χ4n) is 3.48.